The molecule has 1 saturated heterocycles. The molecule has 9 nitrogen and oxygen atoms in total. The number of primary amides is 1. The standard InChI is InChI=1S/C22H24N2O3.C20H22O2.CH3NO/c1-27-17-8-10-21(11-9-17)13-16-7-6-15(5-4-14-2-3-14)12-18(16)22(21)19(25)23-20(26)24-22;1-22-17-8-10-20(11-9-17)13-16-7-6-15(5-4-14-2-3-14)12-18(16)19(20)21;2-1-3/h6-7,12,14,17H,2-3,8-11,13H2,1H3,(H2,23,24,25,26);6-7,12,14,17H,2-3,8-11,13H2,1H3;1H,(H2,2,3). The molecule has 0 aromatic heterocycles. The Hall–Kier alpha value is -4.44. The molecule has 1 atom stereocenters. The smallest absolute Gasteiger partial charge is 0.322 e. The number of hydrogen-bond acceptors (Lipinski definition) is 6. The van der Waals surface area contributed by atoms with Crippen molar-refractivity contribution in [3.8, 4) is 23.7 Å². The van der Waals surface area contributed by atoms with Gasteiger partial charge in [0.1, 0.15) is 0 Å². The van der Waals surface area contributed by atoms with Crippen molar-refractivity contribution >= 4 is 24.1 Å². The van der Waals surface area contributed by atoms with Crippen LogP contribution in [0.25, 0.3) is 0 Å². The van der Waals surface area contributed by atoms with Gasteiger partial charge in [0.05, 0.1) is 12.2 Å². The first-order valence-electron chi connectivity index (χ1n) is 18.9. The van der Waals surface area contributed by atoms with Crippen molar-refractivity contribution in [1.82, 2.24) is 10.6 Å². The minimum absolute atomic E-state index is 0.153. The van der Waals surface area contributed by atoms with E-state index in [4.69, 9.17) is 14.3 Å². The number of rotatable bonds is 2. The molecule has 1 aliphatic heterocycles. The fraction of sp³-hybridized carbons (Fsp3) is 0.535. The third-order valence-corrected chi connectivity index (χ3v) is 12.5. The lowest BCUT2D eigenvalue weighted by molar-refractivity contribution is -0.131. The number of urea groups is 1. The molecule has 2 aromatic rings. The van der Waals surface area contributed by atoms with Crippen LogP contribution in [0.2, 0.25) is 0 Å². The zero-order chi connectivity index (χ0) is 36.5. The van der Waals surface area contributed by atoms with E-state index in [0.29, 0.717) is 23.7 Å². The van der Waals surface area contributed by atoms with Gasteiger partial charge in [0.15, 0.2) is 11.3 Å². The predicted octanol–water partition coefficient (Wildman–Crippen LogP) is 5.48. The average molecular weight is 704 g/mol. The van der Waals surface area contributed by atoms with Crippen LogP contribution in [0.15, 0.2) is 36.4 Å². The number of hydrogen-bond donors (Lipinski definition) is 3. The molecule has 4 saturated carbocycles. The van der Waals surface area contributed by atoms with E-state index in [1.165, 1.54) is 31.2 Å². The summed E-state index contributed by atoms with van der Waals surface area (Å²) in [5.41, 5.74) is 8.91. The number of ether oxygens (including phenoxy) is 2. The zero-order valence-corrected chi connectivity index (χ0v) is 30.3. The summed E-state index contributed by atoms with van der Waals surface area (Å²) in [6, 6.07) is 12.0. The first kappa shape index (κ1) is 35.9. The van der Waals surface area contributed by atoms with Gasteiger partial charge < -0.3 is 20.5 Å². The van der Waals surface area contributed by atoms with Gasteiger partial charge in [-0.2, -0.15) is 0 Å². The number of Topliss-reactive ketones (excluding diaryl/α,β-unsaturated/α-hetero) is 1. The summed E-state index contributed by atoms with van der Waals surface area (Å²) < 4.78 is 11.0. The van der Waals surface area contributed by atoms with Crippen LogP contribution in [-0.2, 0) is 37.4 Å². The Labute approximate surface area is 306 Å². The van der Waals surface area contributed by atoms with Gasteiger partial charge in [0.2, 0.25) is 6.41 Å². The maximum absolute atomic E-state index is 13.1. The summed E-state index contributed by atoms with van der Waals surface area (Å²) in [4.78, 5) is 46.9. The summed E-state index contributed by atoms with van der Waals surface area (Å²) in [6.45, 7) is 0. The monoisotopic (exact) mass is 703 g/mol. The summed E-state index contributed by atoms with van der Waals surface area (Å²) in [7, 11) is 3.52. The van der Waals surface area contributed by atoms with Gasteiger partial charge in [-0.15, -0.1) is 0 Å². The molecule has 4 amide bonds. The molecular weight excluding hydrogens is 654 g/mol. The highest BCUT2D eigenvalue weighted by molar-refractivity contribution is 6.09. The van der Waals surface area contributed by atoms with Gasteiger partial charge in [-0.1, -0.05) is 35.8 Å². The van der Waals surface area contributed by atoms with E-state index in [1.807, 2.05) is 12.1 Å². The van der Waals surface area contributed by atoms with Crippen LogP contribution in [0, 0.1) is 46.3 Å². The number of carbonyl (C=O) groups is 4. The SMILES string of the molecule is COC1CCC2(CC1)Cc1ccc(C#CC3CC3)cc1C21NC(=O)NC1=O.COC1CCC2(CC1)Cc1ccc(C#CC3CC3)cc1C2=O.NC=O. The molecule has 0 radical (unpaired) electrons. The van der Waals surface area contributed by atoms with Crippen LogP contribution in [-0.4, -0.2) is 50.6 Å². The quantitative estimate of drug-likeness (QED) is 0.216. The maximum atomic E-state index is 13.1. The largest absolute Gasteiger partial charge is 0.381 e. The second-order valence-electron chi connectivity index (χ2n) is 15.7. The van der Waals surface area contributed by atoms with Crippen molar-refractivity contribution in [3.05, 3.63) is 69.8 Å². The first-order valence-corrected chi connectivity index (χ1v) is 18.9. The van der Waals surface area contributed by atoms with Gasteiger partial charge >= 0.3 is 6.03 Å². The average Bonchev–Trinajstić information content (AvgIpc) is 4.09. The molecule has 7 aliphatic rings. The van der Waals surface area contributed by atoms with Crippen molar-refractivity contribution in [2.45, 2.75) is 108 Å². The van der Waals surface area contributed by atoms with E-state index >= 15 is 0 Å². The third kappa shape index (κ3) is 6.77. The van der Waals surface area contributed by atoms with E-state index in [2.05, 4.69) is 64.3 Å². The molecule has 0 bridgehead atoms. The molecule has 52 heavy (non-hydrogen) atoms. The van der Waals surface area contributed by atoms with Crippen LogP contribution in [0.5, 0.6) is 0 Å². The lowest BCUT2D eigenvalue weighted by Crippen LogP contribution is -2.56. The lowest BCUT2D eigenvalue weighted by Gasteiger charge is -2.46. The van der Waals surface area contributed by atoms with E-state index < -0.39 is 11.6 Å². The van der Waals surface area contributed by atoms with Crippen molar-refractivity contribution in [3.63, 3.8) is 0 Å². The van der Waals surface area contributed by atoms with Gasteiger partial charge in [-0.3, -0.25) is 19.7 Å². The minimum Gasteiger partial charge on any atom is -0.381 e. The Kier molecular flexibility index (Phi) is 10.0. The molecule has 5 fully saturated rings. The number of benzene rings is 2. The normalized spacial score (nSPS) is 30.7. The van der Waals surface area contributed by atoms with Crippen LogP contribution < -0.4 is 16.4 Å². The number of amides is 4. The Morgan fingerprint density at radius 1 is 0.750 bits per heavy atom. The molecule has 6 aliphatic carbocycles. The highest BCUT2D eigenvalue weighted by atomic mass is 16.5. The molecule has 1 unspecified atom stereocenters. The second-order valence-corrected chi connectivity index (χ2v) is 15.7. The number of nitrogens with two attached hydrogens (primary N) is 1. The summed E-state index contributed by atoms with van der Waals surface area (Å²) in [6.07, 6.45) is 14.8. The third-order valence-electron chi connectivity index (χ3n) is 12.5. The number of ketones is 1. The molecule has 4 N–H and O–H groups in total. The number of nitrogens with one attached hydrogen (secondary N) is 2. The predicted molar refractivity (Wildman–Crippen MR) is 196 cm³/mol. The number of imide groups is 1. The van der Waals surface area contributed by atoms with E-state index in [-0.39, 0.29) is 29.3 Å². The lowest BCUT2D eigenvalue weighted by atomic mass is 9.61. The highest BCUT2D eigenvalue weighted by Crippen LogP contribution is 2.59. The Balaban J connectivity index is 0.000000153. The van der Waals surface area contributed by atoms with Crippen molar-refractivity contribution in [1.29, 1.82) is 0 Å². The van der Waals surface area contributed by atoms with Crippen LogP contribution >= 0.6 is 0 Å². The van der Waals surface area contributed by atoms with Crippen LogP contribution in [0.3, 0.4) is 0 Å². The van der Waals surface area contributed by atoms with Gasteiger partial charge in [-0.05, 0) is 131 Å². The summed E-state index contributed by atoms with van der Waals surface area (Å²) >= 11 is 0. The maximum Gasteiger partial charge on any atom is 0.322 e. The number of carbonyl (C=O) groups excluding carboxylic acids is 4. The molecule has 9 rings (SSSR count). The van der Waals surface area contributed by atoms with Crippen LogP contribution in [0.1, 0.15) is 115 Å². The Morgan fingerprint density at radius 2 is 1.29 bits per heavy atom. The van der Waals surface area contributed by atoms with Gasteiger partial charge in [0, 0.05) is 53.6 Å². The topological polar surface area (TPSA) is 137 Å². The molecular formula is C43H49N3O6. The fourth-order valence-corrected chi connectivity index (χ4v) is 9.25. The van der Waals surface area contributed by atoms with E-state index in [0.717, 1.165) is 92.0 Å². The van der Waals surface area contributed by atoms with Crippen molar-refractivity contribution in [2.75, 3.05) is 14.2 Å². The first-order chi connectivity index (χ1) is 25.2. The summed E-state index contributed by atoms with van der Waals surface area (Å²) in [5.74, 6) is 14.3. The molecule has 2 aromatic carbocycles. The highest BCUT2D eigenvalue weighted by Gasteiger charge is 2.66. The number of methoxy groups -OCH3 is 2. The molecule has 9 heteroatoms. The summed E-state index contributed by atoms with van der Waals surface area (Å²) in [5, 5.41) is 5.56. The number of fused-ring (bicyclic) bond motifs is 4. The fourth-order valence-electron chi connectivity index (χ4n) is 9.25. The van der Waals surface area contributed by atoms with E-state index in [9.17, 15) is 14.4 Å². The van der Waals surface area contributed by atoms with Crippen LogP contribution in [0.4, 0.5) is 4.79 Å². The Morgan fingerprint density at radius 3 is 1.81 bits per heavy atom. The Bertz CT molecular complexity index is 1870. The molecule has 3 spiro atoms. The molecule has 1 heterocycles. The van der Waals surface area contributed by atoms with Crippen molar-refractivity contribution < 1.29 is 28.7 Å². The minimum atomic E-state index is -0.977. The second kappa shape index (κ2) is 14.5. The van der Waals surface area contributed by atoms with E-state index in [1.54, 1.807) is 14.2 Å². The van der Waals surface area contributed by atoms with Crippen molar-refractivity contribution in [2.24, 2.45) is 28.4 Å². The molecule has 272 valence electrons. The zero-order valence-electron chi connectivity index (χ0n) is 30.3. The van der Waals surface area contributed by atoms with Gasteiger partial charge in [-0.25, -0.2) is 4.79 Å². The van der Waals surface area contributed by atoms with Gasteiger partial charge in [0.25, 0.3) is 5.91 Å².